The Morgan fingerprint density at radius 3 is 2.10 bits per heavy atom. The topological polar surface area (TPSA) is 6.48 Å². The molecular weight excluding hydrogens is 265 g/mol. The zero-order chi connectivity index (χ0) is 15.5. The van der Waals surface area contributed by atoms with Crippen molar-refractivity contribution in [3.63, 3.8) is 0 Å². The number of benzene rings is 1. The Morgan fingerprint density at radius 2 is 1.65 bits per heavy atom. The zero-order valence-electron chi connectivity index (χ0n) is 12.8. The van der Waals surface area contributed by atoms with Crippen LogP contribution in [0.15, 0.2) is 18.2 Å². The van der Waals surface area contributed by atoms with Crippen LogP contribution < -0.4 is 4.90 Å². The van der Waals surface area contributed by atoms with E-state index in [2.05, 4.69) is 0 Å². The van der Waals surface area contributed by atoms with Crippen LogP contribution in [0.1, 0.15) is 30.9 Å². The molecule has 1 aromatic carbocycles. The first-order valence-electron chi connectivity index (χ1n) is 6.70. The second kappa shape index (κ2) is 6.48. The summed E-state index contributed by atoms with van der Waals surface area (Å²) in [5.41, 5.74) is 0.399. The molecule has 20 heavy (non-hydrogen) atoms. The molecule has 5 heteroatoms. The quantitative estimate of drug-likeness (QED) is 0.812. The minimum atomic E-state index is -4.33. The minimum Gasteiger partial charge on any atom is -0.373 e. The van der Waals surface area contributed by atoms with Gasteiger partial charge in [-0.05, 0) is 37.7 Å². The first kappa shape index (κ1) is 16.8. The molecule has 0 saturated carbocycles. The van der Waals surface area contributed by atoms with Crippen molar-refractivity contribution in [2.45, 2.75) is 25.9 Å². The summed E-state index contributed by atoms with van der Waals surface area (Å²) in [6.45, 7) is 5.05. The molecule has 0 bridgehead atoms. The highest BCUT2D eigenvalue weighted by molar-refractivity contribution is 5.56. The maximum absolute atomic E-state index is 13.2. The first-order chi connectivity index (χ1) is 9.12. The van der Waals surface area contributed by atoms with Gasteiger partial charge in [0.2, 0.25) is 0 Å². The van der Waals surface area contributed by atoms with Gasteiger partial charge in [-0.25, -0.2) is 0 Å². The average molecular weight is 288 g/mol. The summed E-state index contributed by atoms with van der Waals surface area (Å²) in [7, 11) is 5.50. The monoisotopic (exact) mass is 288 g/mol. The normalized spacial score (nSPS) is 12.3. The van der Waals surface area contributed by atoms with Crippen LogP contribution >= 0.6 is 0 Å². The lowest BCUT2D eigenvalue weighted by Crippen LogP contribution is -2.30. The minimum absolute atomic E-state index is 0.0808. The number of likely N-dealkylation sites (N-methyl/N-ethyl adjacent to an activating group) is 2. The van der Waals surface area contributed by atoms with E-state index in [-0.39, 0.29) is 11.6 Å². The second-order valence-electron chi connectivity index (χ2n) is 5.65. The van der Waals surface area contributed by atoms with Crippen LogP contribution in [0.2, 0.25) is 0 Å². The maximum atomic E-state index is 13.2. The van der Waals surface area contributed by atoms with Crippen molar-refractivity contribution in [1.29, 1.82) is 0 Å². The Bertz CT molecular complexity index is 439. The van der Waals surface area contributed by atoms with Crippen LogP contribution in [0.3, 0.4) is 0 Å². The van der Waals surface area contributed by atoms with E-state index in [1.807, 2.05) is 32.8 Å². The molecule has 0 aliphatic carbocycles. The molecule has 2 nitrogen and oxygen atoms in total. The molecule has 0 atom stereocenters. The number of hydrogen-bond donors (Lipinski definition) is 0. The second-order valence-corrected chi connectivity index (χ2v) is 5.65. The van der Waals surface area contributed by atoms with Crippen molar-refractivity contribution in [3.05, 3.63) is 29.3 Å². The van der Waals surface area contributed by atoms with Gasteiger partial charge in [0, 0.05) is 25.8 Å². The van der Waals surface area contributed by atoms with E-state index >= 15 is 0 Å². The summed E-state index contributed by atoms with van der Waals surface area (Å²) in [6.07, 6.45) is -4.33. The molecule has 0 aliphatic rings. The van der Waals surface area contributed by atoms with E-state index in [1.165, 1.54) is 6.07 Å². The molecule has 0 N–H and O–H groups in total. The van der Waals surface area contributed by atoms with E-state index in [0.29, 0.717) is 18.7 Å². The molecule has 0 radical (unpaired) electrons. The summed E-state index contributed by atoms with van der Waals surface area (Å²) in [5.74, 6) is 0.0808. The fourth-order valence-electron chi connectivity index (χ4n) is 1.94. The van der Waals surface area contributed by atoms with Gasteiger partial charge in [0.25, 0.3) is 0 Å². The van der Waals surface area contributed by atoms with Crippen LogP contribution in [-0.2, 0) is 6.18 Å². The summed E-state index contributed by atoms with van der Waals surface area (Å²) in [4.78, 5) is 3.61. The first-order valence-corrected chi connectivity index (χ1v) is 6.70. The third-order valence-corrected chi connectivity index (χ3v) is 3.29. The SMILES string of the molecule is CC(C)c1ccc(N(C)CCN(C)C)c(C(F)(F)F)c1. The molecule has 0 heterocycles. The number of alkyl halides is 3. The Morgan fingerprint density at radius 1 is 1.05 bits per heavy atom. The molecule has 0 saturated heterocycles. The van der Waals surface area contributed by atoms with Gasteiger partial charge >= 0.3 is 6.18 Å². The van der Waals surface area contributed by atoms with Gasteiger partial charge in [0.05, 0.1) is 5.56 Å². The van der Waals surface area contributed by atoms with Gasteiger partial charge in [-0.1, -0.05) is 19.9 Å². The maximum Gasteiger partial charge on any atom is 0.418 e. The van der Waals surface area contributed by atoms with Gasteiger partial charge in [-0.3, -0.25) is 0 Å². The lowest BCUT2D eigenvalue weighted by atomic mass is 9.99. The standard InChI is InChI=1S/C15H23F3N2/c1-11(2)12-6-7-14(13(10-12)15(16,17)18)20(5)9-8-19(3)4/h6-7,10-11H,8-9H2,1-5H3. The highest BCUT2D eigenvalue weighted by Gasteiger charge is 2.34. The van der Waals surface area contributed by atoms with E-state index in [1.54, 1.807) is 24.1 Å². The van der Waals surface area contributed by atoms with Crippen molar-refractivity contribution in [3.8, 4) is 0 Å². The van der Waals surface area contributed by atoms with Crippen LogP contribution in [-0.4, -0.2) is 39.1 Å². The van der Waals surface area contributed by atoms with E-state index in [0.717, 1.165) is 0 Å². The Kier molecular flexibility index (Phi) is 5.45. The summed E-state index contributed by atoms with van der Waals surface area (Å²) in [5, 5.41) is 0. The van der Waals surface area contributed by atoms with Crippen molar-refractivity contribution < 1.29 is 13.2 Å². The van der Waals surface area contributed by atoms with Crippen LogP contribution in [0, 0.1) is 0 Å². The molecule has 0 amide bonds. The number of halogens is 3. The fourth-order valence-corrected chi connectivity index (χ4v) is 1.94. The molecular formula is C15H23F3N2. The van der Waals surface area contributed by atoms with Gasteiger partial charge in [0.1, 0.15) is 0 Å². The summed E-state index contributed by atoms with van der Waals surface area (Å²) in [6, 6.07) is 4.63. The van der Waals surface area contributed by atoms with Gasteiger partial charge < -0.3 is 9.80 Å². The van der Waals surface area contributed by atoms with Crippen LogP contribution in [0.25, 0.3) is 0 Å². The molecule has 0 unspecified atom stereocenters. The molecule has 0 spiro atoms. The average Bonchev–Trinajstić information content (AvgIpc) is 2.34. The van der Waals surface area contributed by atoms with Gasteiger partial charge in [0.15, 0.2) is 0 Å². The third kappa shape index (κ3) is 4.40. The number of hydrogen-bond acceptors (Lipinski definition) is 2. The fraction of sp³-hybridized carbons (Fsp3) is 0.600. The van der Waals surface area contributed by atoms with E-state index in [9.17, 15) is 13.2 Å². The smallest absolute Gasteiger partial charge is 0.373 e. The molecule has 0 aliphatic heterocycles. The predicted octanol–water partition coefficient (Wildman–Crippen LogP) is 3.83. The zero-order valence-corrected chi connectivity index (χ0v) is 12.8. The van der Waals surface area contributed by atoms with Gasteiger partial charge in [-0.2, -0.15) is 13.2 Å². The number of nitrogens with zero attached hydrogens (tertiary/aromatic N) is 2. The number of rotatable bonds is 5. The summed E-state index contributed by atoms with van der Waals surface area (Å²) < 4.78 is 39.6. The van der Waals surface area contributed by atoms with E-state index in [4.69, 9.17) is 0 Å². The molecule has 114 valence electrons. The lowest BCUT2D eigenvalue weighted by molar-refractivity contribution is -0.137. The largest absolute Gasteiger partial charge is 0.418 e. The van der Waals surface area contributed by atoms with Gasteiger partial charge in [-0.15, -0.1) is 0 Å². The highest BCUT2D eigenvalue weighted by atomic mass is 19.4. The van der Waals surface area contributed by atoms with E-state index < -0.39 is 11.7 Å². The molecule has 0 fully saturated rings. The van der Waals surface area contributed by atoms with Crippen LogP contribution in [0.4, 0.5) is 18.9 Å². The number of anilines is 1. The highest BCUT2D eigenvalue weighted by Crippen LogP contribution is 2.38. The van der Waals surface area contributed by atoms with Crippen LogP contribution in [0.5, 0.6) is 0 Å². The third-order valence-electron chi connectivity index (χ3n) is 3.29. The van der Waals surface area contributed by atoms with Crippen molar-refractivity contribution in [2.75, 3.05) is 39.1 Å². The Labute approximate surface area is 119 Å². The molecule has 0 aromatic heterocycles. The van der Waals surface area contributed by atoms with Crippen molar-refractivity contribution >= 4 is 5.69 Å². The van der Waals surface area contributed by atoms with Crippen molar-refractivity contribution in [2.24, 2.45) is 0 Å². The Hall–Kier alpha value is -1.23. The predicted molar refractivity (Wildman–Crippen MR) is 77.4 cm³/mol. The lowest BCUT2D eigenvalue weighted by Gasteiger charge is -2.26. The molecule has 1 rings (SSSR count). The Balaban J connectivity index is 3.12. The molecule has 1 aromatic rings. The van der Waals surface area contributed by atoms with Crippen molar-refractivity contribution in [1.82, 2.24) is 4.90 Å². The summed E-state index contributed by atoms with van der Waals surface area (Å²) >= 11 is 0.